The maximum atomic E-state index is 13.7. The number of amides is 1. The fraction of sp³-hybridized carbons (Fsp3) is 0.333. The van der Waals surface area contributed by atoms with Crippen LogP contribution in [-0.2, 0) is 18.0 Å². The Labute approximate surface area is 238 Å². The fourth-order valence-electron chi connectivity index (χ4n) is 5.79. The summed E-state index contributed by atoms with van der Waals surface area (Å²) in [6.45, 7) is 11.8. The molecule has 1 amide bonds. The van der Waals surface area contributed by atoms with E-state index >= 15 is 0 Å². The van der Waals surface area contributed by atoms with Crippen LogP contribution in [0.3, 0.4) is 0 Å². The number of rotatable bonds is 8. The summed E-state index contributed by atoms with van der Waals surface area (Å²) in [5.74, 6) is 0.0588. The van der Waals surface area contributed by atoms with Gasteiger partial charge in [-0.15, -0.1) is 0 Å². The van der Waals surface area contributed by atoms with Crippen molar-refractivity contribution in [1.82, 2.24) is 4.90 Å². The smallest absolute Gasteiger partial charge is 0.416 e. The first-order valence-electron chi connectivity index (χ1n) is 13.8. The van der Waals surface area contributed by atoms with Gasteiger partial charge >= 0.3 is 6.18 Å². The monoisotopic (exact) mass is 562 g/mol. The summed E-state index contributed by atoms with van der Waals surface area (Å²) in [6.07, 6.45) is -4.01. The molecular weight excluding hydrogens is 529 g/mol. The zero-order chi connectivity index (χ0) is 29.5. The molecule has 2 aliphatic carbocycles. The van der Waals surface area contributed by atoms with Crippen molar-refractivity contribution in [2.75, 3.05) is 31.6 Å². The van der Waals surface area contributed by atoms with E-state index in [1.807, 2.05) is 24.3 Å². The molecule has 5 rings (SSSR count). The van der Waals surface area contributed by atoms with E-state index < -0.39 is 23.1 Å². The van der Waals surface area contributed by atoms with Crippen LogP contribution in [0.4, 0.5) is 18.9 Å². The number of halogens is 3. The molecule has 0 bridgehead atoms. The number of Topliss-reactive ketones (excluding diaryl/α,β-unsaturated/α-hetero) is 1. The summed E-state index contributed by atoms with van der Waals surface area (Å²) in [5, 5.41) is 2.71. The van der Waals surface area contributed by atoms with Crippen molar-refractivity contribution in [2.24, 2.45) is 0 Å². The molecule has 0 unspecified atom stereocenters. The molecule has 0 heterocycles. The Morgan fingerprint density at radius 1 is 1.00 bits per heavy atom. The quantitative estimate of drug-likeness (QED) is 0.317. The Bertz CT molecular complexity index is 1550. The highest BCUT2D eigenvalue weighted by molar-refractivity contribution is 6.33. The van der Waals surface area contributed by atoms with E-state index in [4.69, 9.17) is 4.74 Å². The van der Waals surface area contributed by atoms with E-state index in [-0.39, 0.29) is 11.3 Å². The van der Waals surface area contributed by atoms with E-state index in [2.05, 4.69) is 37.9 Å². The number of fused-ring (bicyclic) bond motifs is 3. The molecule has 0 fully saturated rings. The lowest BCUT2D eigenvalue weighted by molar-refractivity contribution is -0.137. The lowest BCUT2D eigenvalue weighted by Crippen LogP contribution is -2.30. The summed E-state index contributed by atoms with van der Waals surface area (Å²) in [4.78, 5) is 28.8. The highest BCUT2D eigenvalue weighted by atomic mass is 19.4. The number of hydrogen-bond acceptors (Lipinski definition) is 4. The second kappa shape index (κ2) is 10.8. The first kappa shape index (κ1) is 28.6. The lowest BCUT2D eigenvalue weighted by atomic mass is 9.68. The summed E-state index contributed by atoms with van der Waals surface area (Å²) in [7, 11) is 0. The molecule has 3 aromatic rings. The number of likely N-dealkylation sites (N-methyl/N-ethyl adjacent to an activating group) is 1. The molecule has 2 aliphatic rings. The number of ether oxygens (including phenoxy) is 1. The van der Waals surface area contributed by atoms with Crippen LogP contribution in [0.2, 0.25) is 0 Å². The molecular formula is C33H33F3N2O3. The number of nitrogens with zero attached hydrogens (tertiary/aromatic N) is 1. The van der Waals surface area contributed by atoms with Crippen molar-refractivity contribution in [3.63, 3.8) is 0 Å². The first-order valence-corrected chi connectivity index (χ1v) is 13.8. The molecule has 0 spiro atoms. The molecule has 0 radical (unpaired) electrons. The number of hydrogen-bond donors (Lipinski definition) is 1. The van der Waals surface area contributed by atoms with E-state index in [1.54, 1.807) is 12.1 Å². The molecule has 0 aromatic heterocycles. The van der Waals surface area contributed by atoms with Crippen molar-refractivity contribution in [2.45, 2.75) is 45.7 Å². The number of ketones is 1. The van der Waals surface area contributed by atoms with Crippen molar-refractivity contribution in [1.29, 1.82) is 0 Å². The highest BCUT2D eigenvalue weighted by Crippen LogP contribution is 2.50. The number of anilines is 1. The van der Waals surface area contributed by atoms with Gasteiger partial charge in [-0.3, -0.25) is 9.59 Å². The Kier molecular flexibility index (Phi) is 7.55. The van der Waals surface area contributed by atoms with Crippen LogP contribution in [0, 0.1) is 0 Å². The van der Waals surface area contributed by atoms with Crippen molar-refractivity contribution in [3.8, 4) is 5.75 Å². The molecule has 3 aromatic carbocycles. The third-order valence-corrected chi connectivity index (χ3v) is 8.21. The number of benzene rings is 3. The Morgan fingerprint density at radius 2 is 1.73 bits per heavy atom. The number of allylic oxidation sites excluding steroid dienone is 2. The first-order chi connectivity index (χ1) is 19.4. The van der Waals surface area contributed by atoms with Gasteiger partial charge in [0.15, 0.2) is 5.78 Å². The van der Waals surface area contributed by atoms with Gasteiger partial charge in [-0.05, 0) is 90.3 Å². The van der Waals surface area contributed by atoms with Crippen molar-refractivity contribution < 1.29 is 27.5 Å². The number of carbonyl (C=O) groups is 2. The van der Waals surface area contributed by atoms with Crippen LogP contribution in [0.5, 0.6) is 5.75 Å². The van der Waals surface area contributed by atoms with Gasteiger partial charge in [-0.25, -0.2) is 0 Å². The van der Waals surface area contributed by atoms with Gasteiger partial charge in [0.05, 0.1) is 5.56 Å². The van der Waals surface area contributed by atoms with Gasteiger partial charge in [0.25, 0.3) is 5.91 Å². The maximum Gasteiger partial charge on any atom is 0.416 e. The lowest BCUT2D eigenvalue weighted by Gasteiger charge is -2.34. The number of alkyl halides is 3. The van der Waals surface area contributed by atoms with Gasteiger partial charge in [0.2, 0.25) is 0 Å². The third kappa shape index (κ3) is 5.40. The Balaban J connectivity index is 1.36. The van der Waals surface area contributed by atoms with E-state index in [1.165, 1.54) is 12.1 Å². The molecule has 0 aliphatic heterocycles. The van der Waals surface area contributed by atoms with Crippen LogP contribution in [0.1, 0.15) is 70.7 Å². The number of carbonyl (C=O) groups excluding carboxylic acids is 2. The van der Waals surface area contributed by atoms with Crippen LogP contribution in [0.15, 0.2) is 66.2 Å². The zero-order valence-electron chi connectivity index (χ0n) is 23.6. The van der Waals surface area contributed by atoms with Gasteiger partial charge in [0, 0.05) is 34.3 Å². The van der Waals surface area contributed by atoms with Crippen LogP contribution in [0.25, 0.3) is 5.57 Å². The maximum absolute atomic E-state index is 13.7. The minimum absolute atomic E-state index is 0.0384. The summed E-state index contributed by atoms with van der Waals surface area (Å²) >= 11 is 0. The van der Waals surface area contributed by atoms with Crippen LogP contribution in [-0.4, -0.2) is 42.8 Å². The van der Waals surface area contributed by atoms with Gasteiger partial charge in [-0.1, -0.05) is 39.8 Å². The standard InChI is InChI=1S/C33H33F3N2O3/c1-5-38(6-2)14-15-41-24-11-13-26-27(19-24)32(3,4)28-18-21-17-23(10-12-25(21)29(28)30(26)39)37-31(40)20-8-7-9-22(16-20)33(34,35)36/h7-13,16-17,19H,5-6,14-15,18H2,1-4H3,(H,37,40). The highest BCUT2D eigenvalue weighted by Gasteiger charge is 2.43. The van der Waals surface area contributed by atoms with Gasteiger partial charge in [-0.2, -0.15) is 13.2 Å². The van der Waals surface area contributed by atoms with Crippen molar-refractivity contribution in [3.05, 3.63) is 99.6 Å². The Hall–Kier alpha value is -3.91. The molecule has 0 atom stereocenters. The average molecular weight is 563 g/mol. The predicted octanol–water partition coefficient (Wildman–Crippen LogP) is 7.16. The topological polar surface area (TPSA) is 58.6 Å². The van der Waals surface area contributed by atoms with Crippen LogP contribution >= 0.6 is 0 Å². The minimum atomic E-state index is -4.54. The molecule has 8 heteroatoms. The largest absolute Gasteiger partial charge is 0.492 e. The van der Waals surface area contributed by atoms with Gasteiger partial charge < -0.3 is 15.0 Å². The van der Waals surface area contributed by atoms with Gasteiger partial charge in [0.1, 0.15) is 12.4 Å². The normalized spacial score (nSPS) is 15.5. The molecule has 0 saturated carbocycles. The summed E-state index contributed by atoms with van der Waals surface area (Å²) in [5.41, 5.74) is 4.03. The van der Waals surface area contributed by atoms with E-state index in [9.17, 15) is 22.8 Å². The summed E-state index contributed by atoms with van der Waals surface area (Å²) in [6, 6.07) is 15.3. The molecule has 0 saturated heterocycles. The second-order valence-corrected chi connectivity index (χ2v) is 11.0. The minimum Gasteiger partial charge on any atom is -0.492 e. The summed E-state index contributed by atoms with van der Waals surface area (Å²) < 4.78 is 45.4. The Morgan fingerprint density at radius 3 is 2.44 bits per heavy atom. The van der Waals surface area contributed by atoms with Crippen LogP contribution < -0.4 is 10.1 Å². The second-order valence-electron chi connectivity index (χ2n) is 11.0. The molecule has 1 N–H and O–H groups in total. The molecule has 214 valence electrons. The molecule has 5 nitrogen and oxygen atoms in total. The van der Waals surface area contributed by atoms with Crippen molar-refractivity contribution >= 4 is 23.0 Å². The van der Waals surface area contributed by atoms with E-state index in [0.717, 1.165) is 59.8 Å². The van der Waals surface area contributed by atoms with E-state index in [0.29, 0.717) is 29.9 Å². The predicted molar refractivity (Wildman–Crippen MR) is 154 cm³/mol. The third-order valence-electron chi connectivity index (χ3n) is 8.21. The fourth-order valence-corrected chi connectivity index (χ4v) is 5.79. The zero-order valence-corrected chi connectivity index (χ0v) is 23.6. The number of nitrogens with one attached hydrogen (secondary N) is 1. The molecule has 41 heavy (non-hydrogen) atoms. The average Bonchev–Trinajstić information content (AvgIpc) is 3.34. The SMILES string of the molecule is CCN(CC)CCOc1ccc2c(c1)C(C)(C)C1=C(C2=O)c2ccc(NC(=O)c3cccc(C(F)(F)F)c3)cc2C1.